The summed E-state index contributed by atoms with van der Waals surface area (Å²) in [5, 5.41) is 11.4. The van der Waals surface area contributed by atoms with Gasteiger partial charge in [0.15, 0.2) is 11.5 Å². The number of carbonyl (C=O) groups excluding carboxylic acids is 1. The highest BCUT2D eigenvalue weighted by atomic mass is 16.2. The molecule has 4 rings (SSSR count). The lowest BCUT2D eigenvalue weighted by molar-refractivity contribution is 0.0749. The van der Waals surface area contributed by atoms with Crippen LogP contribution in [0.3, 0.4) is 0 Å². The highest BCUT2D eigenvalue weighted by molar-refractivity contribution is 5.94. The van der Waals surface area contributed by atoms with Gasteiger partial charge in [-0.05, 0) is 25.0 Å². The van der Waals surface area contributed by atoms with Crippen molar-refractivity contribution >= 4 is 28.4 Å². The maximum Gasteiger partial charge on any atom is 0.274 e. The van der Waals surface area contributed by atoms with E-state index in [1.54, 1.807) is 6.07 Å². The van der Waals surface area contributed by atoms with Crippen molar-refractivity contribution in [2.24, 2.45) is 0 Å². The van der Waals surface area contributed by atoms with Crippen molar-refractivity contribution in [2.75, 3.05) is 18.4 Å². The summed E-state index contributed by atoms with van der Waals surface area (Å²) < 4.78 is 0. The van der Waals surface area contributed by atoms with Crippen LogP contribution in [0.4, 0.5) is 11.6 Å². The lowest BCUT2D eigenvalue weighted by atomic mass is 10.2. The van der Waals surface area contributed by atoms with Crippen LogP contribution in [0.25, 0.3) is 22.3 Å². The monoisotopic (exact) mass is 414 g/mol. The molecule has 0 saturated carbocycles. The fraction of sp³-hybridized carbons (Fsp3) is 0.250. The number of aromatic nitrogens is 4. The van der Waals surface area contributed by atoms with Gasteiger partial charge < -0.3 is 10.2 Å². The maximum atomic E-state index is 12.8. The third-order valence-electron chi connectivity index (χ3n) is 4.96. The van der Waals surface area contributed by atoms with Crippen molar-refractivity contribution in [1.82, 2.24) is 25.1 Å². The quantitative estimate of drug-likeness (QED) is 0.422. The molecule has 7 heteroatoms. The molecular weight excluding hydrogens is 388 g/mol. The number of nitrogens with one attached hydrogen (secondary N) is 2. The minimum absolute atomic E-state index is 0.0643. The highest BCUT2D eigenvalue weighted by Gasteiger charge is 2.18. The van der Waals surface area contributed by atoms with Crippen LogP contribution in [0.5, 0.6) is 0 Å². The van der Waals surface area contributed by atoms with Gasteiger partial charge in [0, 0.05) is 30.1 Å². The zero-order valence-electron chi connectivity index (χ0n) is 17.8. The van der Waals surface area contributed by atoms with Crippen molar-refractivity contribution in [2.45, 2.75) is 26.7 Å². The highest BCUT2D eigenvalue weighted by Crippen LogP contribution is 2.27. The number of rotatable bonds is 8. The summed E-state index contributed by atoms with van der Waals surface area (Å²) in [6.07, 6.45) is 1.83. The fourth-order valence-corrected chi connectivity index (χ4v) is 3.53. The zero-order valence-corrected chi connectivity index (χ0v) is 17.8. The molecule has 0 saturated heterocycles. The maximum absolute atomic E-state index is 12.8. The van der Waals surface area contributed by atoms with Gasteiger partial charge in [-0.1, -0.05) is 56.3 Å². The van der Waals surface area contributed by atoms with Gasteiger partial charge in [-0.2, -0.15) is 5.10 Å². The molecule has 0 aliphatic rings. The number of carbonyl (C=O) groups is 1. The molecule has 0 radical (unpaired) electrons. The Morgan fingerprint density at radius 3 is 2.42 bits per heavy atom. The van der Waals surface area contributed by atoms with Crippen LogP contribution in [0.15, 0.2) is 60.7 Å². The number of hydrogen-bond acceptors (Lipinski definition) is 5. The van der Waals surface area contributed by atoms with Crippen molar-refractivity contribution in [1.29, 1.82) is 0 Å². The smallest absolute Gasteiger partial charge is 0.274 e. The summed E-state index contributed by atoms with van der Waals surface area (Å²) in [5.41, 5.74) is 2.17. The largest absolute Gasteiger partial charge is 0.337 e. The lowest BCUT2D eigenvalue weighted by Crippen LogP contribution is -2.32. The number of anilines is 2. The number of benzene rings is 2. The van der Waals surface area contributed by atoms with Crippen molar-refractivity contribution in [3.05, 3.63) is 66.4 Å². The average molecular weight is 415 g/mol. The molecule has 2 heterocycles. The summed E-state index contributed by atoms with van der Waals surface area (Å²) in [7, 11) is 0. The van der Waals surface area contributed by atoms with E-state index in [-0.39, 0.29) is 5.91 Å². The first-order valence-electron chi connectivity index (χ1n) is 10.6. The molecular formula is C24H26N6O. The summed E-state index contributed by atoms with van der Waals surface area (Å²) in [5.74, 6) is 1.84. The number of hydrogen-bond donors (Lipinski definition) is 2. The van der Waals surface area contributed by atoms with Gasteiger partial charge in [0.05, 0.1) is 5.52 Å². The molecule has 0 fully saturated rings. The summed E-state index contributed by atoms with van der Waals surface area (Å²) in [4.78, 5) is 24.1. The van der Waals surface area contributed by atoms with Crippen molar-refractivity contribution < 1.29 is 4.79 Å². The van der Waals surface area contributed by atoms with Crippen molar-refractivity contribution in [3.8, 4) is 11.4 Å². The van der Waals surface area contributed by atoms with Gasteiger partial charge in [-0.25, -0.2) is 9.97 Å². The normalized spacial score (nSPS) is 10.9. The van der Waals surface area contributed by atoms with Crippen LogP contribution in [-0.2, 0) is 0 Å². The van der Waals surface area contributed by atoms with Crippen LogP contribution in [0.2, 0.25) is 0 Å². The lowest BCUT2D eigenvalue weighted by Gasteiger charge is -2.19. The standard InChI is InChI=1S/C24H26N6O/c1-3-14-30(15-4-2)24(31)20-16-21(29-28-20)26-23-18-12-8-9-13-19(18)25-22(27-23)17-10-6-5-7-11-17/h5-13,16H,3-4,14-15H2,1-2H3,(H2,25,26,27,28,29). The summed E-state index contributed by atoms with van der Waals surface area (Å²) >= 11 is 0. The third kappa shape index (κ3) is 4.55. The van der Waals surface area contributed by atoms with E-state index in [1.165, 1.54) is 0 Å². The molecule has 2 N–H and O–H groups in total. The molecule has 31 heavy (non-hydrogen) atoms. The minimum atomic E-state index is -0.0643. The molecule has 7 nitrogen and oxygen atoms in total. The molecule has 0 unspecified atom stereocenters. The van der Waals surface area contributed by atoms with Gasteiger partial charge in [0.25, 0.3) is 5.91 Å². The Kier molecular flexibility index (Phi) is 6.21. The van der Waals surface area contributed by atoms with E-state index in [0.717, 1.165) is 42.4 Å². The van der Waals surface area contributed by atoms with Crippen molar-refractivity contribution in [3.63, 3.8) is 0 Å². The molecule has 0 aliphatic carbocycles. The molecule has 158 valence electrons. The van der Waals surface area contributed by atoms with E-state index >= 15 is 0 Å². The number of aromatic amines is 1. The van der Waals surface area contributed by atoms with Crippen LogP contribution in [0.1, 0.15) is 37.2 Å². The molecule has 0 aliphatic heterocycles. The van der Waals surface area contributed by atoms with E-state index in [0.29, 0.717) is 23.2 Å². The van der Waals surface area contributed by atoms with Gasteiger partial charge in [0.2, 0.25) is 0 Å². The van der Waals surface area contributed by atoms with Crippen LogP contribution in [0, 0.1) is 0 Å². The van der Waals surface area contributed by atoms with Crippen LogP contribution < -0.4 is 5.32 Å². The molecule has 4 aromatic rings. The Balaban J connectivity index is 1.65. The SMILES string of the molecule is CCCN(CCC)C(=O)c1cc(Nc2nc(-c3ccccc3)nc3ccccc23)[nH]n1. The fourth-order valence-electron chi connectivity index (χ4n) is 3.53. The molecule has 0 atom stereocenters. The second kappa shape index (κ2) is 9.38. The predicted octanol–water partition coefficient (Wildman–Crippen LogP) is 5.03. The first-order chi connectivity index (χ1) is 15.2. The predicted molar refractivity (Wildman–Crippen MR) is 123 cm³/mol. The molecule has 0 bridgehead atoms. The second-order valence-corrected chi connectivity index (χ2v) is 7.36. The van der Waals surface area contributed by atoms with Crippen LogP contribution >= 0.6 is 0 Å². The number of amides is 1. The van der Waals surface area contributed by atoms with Gasteiger partial charge in [0.1, 0.15) is 11.6 Å². The van der Waals surface area contributed by atoms with E-state index in [2.05, 4.69) is 29.4 Å². The van der Waals surface area contributed by atoms with Gasteiger partial charge >= 0.3 is 0 Å². The first kappa shape index (κ1) is 20.5. The molecule has 2 aromatic carbocycles. The number of nitrogens with zero attached hydrogens (tertiary/aromatic N) is 4. The van der Waals surface area contributed by atoms with Gasteiger partial charge in [-0.15, -0.1) is 0 Å². The topological polar surface area (TPSA) is 86.8 Å². The van der Waals surface area contributed by atoms with Gasteiger partial charge in [-0.3, -0.25) is 9.89 Å². The number of fused-ring (bicyclic) bond motifs is 1. The second-order valence-electron chi connectivity index (χ2n) is 7.36. The van der Waals surface area contributed by atoms with Crippen LogP contribution in [-0.4, -0.2) is 44.1 Å². The Morgan fingerprint density at radius 1 is 0.968 bits per heavy atom. The zero-order chi connectivity index (χ0) is 21.6. The molecule has 0 spiro atoms. The summed E-state index contributed by atoms with van der Waals surface area (Å²) in [6, 6.07) is 19.4. The Hall–Kier alpha value is -3.74. The molecule has 1 amide bonds. The summed E-state index contributed by atoms with van der Waals surface area (Å²) in [6.45, 7) is 5.58. The van der Waals surface area contributed by atoms with E-state index < -0.39 is 0 Å². The Bertz CT molecular complexity index is 1170. The van der Waals surface area contributed by atoms with E-state index in [9.17, 15) is 4.79 Å². The molecule has 2 aromatic heterocycles. The number of H-pyrrole nitrogens is 1. The van der Waals surface area contributed by atoms with E-state index in [4.69, 9.17) is 9.97 Å². The van der Waals surface area contributed by atoms with E-state index in [1.807, 2.05) is 59.5 Å². The average Bonchev–Trinajstić information content (AvgIpc) is 3.27. The first-order valence-corrected chi connectivity index (χ1v) is 10.6. The number of para-hydroxylation sites is 1. The minimum Gasteiger partial charge on any atom is -0.337 e. The Labute approximate surface area is 181 Å². The third-order valence-corrected chi connectivity index (χ3v) is 4.96. The Morgan fingerprint density at radius 2 is 1.68 bits per heavy atom.